The Morgan fingerprint density at radius 1 is 1.35 bits per heavy atom. The maximum absolute atomic E-state index is 5.94. The van der Waals surface area contributed by atoms with E-state index in [9.17, 15) is 0 Å². The van der Waals surface area contributed by atoms with Crippen molar-refractivity contribution >= 4 is 17.4 Å². The maximum Gasteiger partial charge on any atom is 0.128 e. The fourth-order valence-corrected chi connectivity index (χ4v) is 2.09. The van der Waals surface area contributed by atoms with Crippen molar-refractivity contribution in [3.05, 3.63) is 23.4 Å². The van der Waals surface area contributed by atoms with Crippen LogP contribution in [0.15, 0.2) is 12.1 Å². The summed E-state index contributed by atoms with van der Waals surface area (Å²) >= 11 is 5.94. The third-order valence-electron chi connectivity index (χ3n) is 2.62. The molecule has 0 atom stereocenters. The molecule has 1 aromatic heterocycles. The van der Waals surface area contributed by atoms with Crippen molar-refractivity contribution in [1.29, 1.82) is 0 Å². The van der Waals surface area contributed by atoms with Gasteiger partial charge in [0, 0.05) is 25.2 Å². The molecule has 0 bridgehead atoms. The summed E-state index contributed by atoms with van der Waals surface area (Å²) in [7, 11) is 2.09. The largest absolute Gasteiger partial charge is 0.359 e. The highest BCUT2D eigenvalue weighted by Gasteiger charge is 2.08. The van der Waals surface area contributed by atoms with E-state index in [0.717, 1.165) is 36.5 Å². The zero-order valence-corrected chi connectivity index (χ0v) is 12.1. The molecule has 0 spiro atoms. The van der Waals surface area contributed by atoms with Crippen LogP contribution < -0.4 is 4.90 Å². The molecular weight excluding hydrogens is 232 g/mol. The molecule has 0 saturated heterocycles. The Kier molecular flexibility index (Phi) is 5.76. The molecule has 96 valence electrons. The summed E-state index contributed by atoms with van der Waals surface area (Å²) in [6, 6.07) is 4.21. The van der Waals surface area contributed by atoms with Crippen molar-refractivity contribution < 1.29 is 0 Å². The summed E-state index contributed by atoms with van der Waals surface area (Å²) in [5, 5.41) is 0. The second kappa shape index (κ2) is 6.85. The van der Waals surface area contributed by atoms with Gasteiger partial charge in [0.2, 0.25) is 0 Å². The minimum atomic E-state index is 0.557. The predicted octanol–water partition coefficient (Wildman–Crippen LogP) is 3.87. The van der Waals surface area contributed by atoms with Crippen LogP contribution in [0.25, 0.3) is 0 Å². The summed E-state index contributed by atoms with van der Waals surface area (Å²) in [6.45, 7) is 7.63. The average Bonchev–Trinajstić information content (AvgIpc) is 2.28. The van der Waals surface area contributed by atoms with Crippen molar-refractivity contribution in [2.75, 3.05) is 18.5 Å². The summed E-state index contributed by atoms with van der Waals surface area (Å²) in [6.07, 6.45) is 2.14. The van der Waals surface area contributed by atoms with Gasteiger partial charge in [0.25, 0.3) is 0 Å². The number of halogens is 1. The molecule has 0 N–H and O–H groups in total. The molecule has 0 fully saturated rings. The predicted molar refractivity (Wildman–Crippen MR) is 75.9 cm³/mol. The molecule has 0 saturated carbocycles. The van der Waals surface area contributed by atoms with E-state index in [1.54, 1.807) is 0 Å². The van der Waals surface area contributed by atoms with Gasteiger partial charge in [-0.3, -0.25) is 0 Å². The van der Waals surface area contributed by atoms with Crippen molar-refractivity contribution in [3.8, 4) is 0 Å². The van der Waals surface area contributed by atoms with Crippen molar-refractivity contribution in [2.45, 2.75) is 39.5 Å². The first-order valence-corrected chi connectivity index (χ1v) is 6.87. The van der Waals surface area contributed by atoms with E-state index in [1.165, 1.54) is 0 Å². The fraction of sp³-hybridized carbons (Fsp3) is 0.643. The van der Waals surface area contributed by atoms with Gasteiger partial charge >= 0.3 is 0 Å². The van der Waals surface area contributed by atoms with Crippen molar-refractivity contribution in [1.82, 2.24) is 4.98 Å². The van der Waals surface area contributed by atoms with Crippen LogP contribution in [0.2, 0.25) is 0 Å². The Morgan fingerprint density at radius 2 is 2.06 bits per heavy atom. The van der Waals surface area contributed by atoms with E-state index >= 15 is 0 Å². The van der Waals surface area contributed by atoms with Gasteiger partial charge in [-0.1, -0.05) is 27.2 Å². The van der Waals surface area contributed by atoms with Crippen molar-refractivity contribution in [2.24, 2.45) is 5.92 Å². The number of pyridine rings is 1. The Labute approximate surface area is 110 Å². The molecule has 1 heterocycles. The van der Waals surface area contributed by atoms with E-state index < -0.39 is 0 Å². The monoisotopic (exact) mass is 254 g/mol. The van der Waals surface area contributed by atoms with Crippen LogP contribution in [0, 0.1) is 5.92 Å². The van der Waals surface area contributed by atoms with E-state index in [2.05, 4.69) is 44.9 Å². The summed E-state index contributed by atoms with van der Waals surface area (Å²) in [5.41, 5.74) is 2.31. The Balaban J connectivity index is 2.93. The highest BCUT2D eigenvalue weighted by Crippen LogP contribution is 2.17. The SMILES string of the molecule is CCCc1cc(CCl)cc(N(C)CC(C)C)n1. The van der Waals surface area contributed by atoms with Gasteiger partial charge in [-0.05, 0) is 30.0 Å². The quantitative estimate of drug-likeness (QED) is 0.717. The highest BCUT2D eigenvalue weighted by molar-refractivity contribution is 6.17. The number of rotatable bonds is 6. The highest BCUT2D eigenvalue weighted by atomic mass is 35.5. The standard InChI is InChI=1S/C14H23ClN2/c1-5-6-13-7-12(9-15)8-14(16-13)17(4)10-11(2)3/h7-8,11H,5-6,9-10H2,1-4H3. The maximum atomic E-state index is 5.94. The zero-order chi connectivity index (χ0) is 12.8. The van der Waals surface area contributed by atoms with E-state index in [1.807, 2.05) is 0 Å². The van der Waals surface area contributed by atoms with Gasteiger partial charge < -0.3 is 4.90 Å². The van der Waals surface area contributed by atoms with Crippen LogP contribution in [-0.2, 0) is 12.3 Å². The fourth-order valence-electron chi connectivity index (χ4n) is 1.93. The second-order valence-electron chi connectivity index (χ2n) is 4.98. The van der Waals surface area contributed by atoms with Crippen LogP contribution >= 0.6 is 11.6 Å². The topological polar surface area (TPSA) is 16.1 Å². The van der Waals surface area contributed by atoms with Crippen LogP contribution in [0.5, 0.6) is 0 Å². The lowest BCUT2D eigenvalue weighted by Crippen LogP contribution is -2.24. The Morgan fingerprint density at radius 3 is 2.59 bits per heavy atom. The normalized spacial score (nSPS) is 10.9. The molecule has 0 aliphatic heterocycles. The molecule has 2 nitrogen and oxygen atoms in total. The van der Waals surface area contributed by atoms with Crippen LogP contribution in [0.3, 0.4) is 0 Å². The van der Waals surface area contributed by atoms with Gasteiger partial charge in [0.15, 0.2) is 0 Å². The molecule has 1 rings (SSSR count). The van der Waals surface area contributed by atoms with Gasteiger partial charge in [0.1, 0.15) is 5.82 Å². The minimum Gasteiger partial charge on any atom is -0.359 e. The molecule has 0 aliphatic rings. The first-order chi connectivity index (χ1) is 8.06. The first-order valence-electron chi connectivity index (χ1n) is 6.33. The van der Waals surface area contributed by atoms with Crippen LogP contribution in [-0.4, -0.2) is 18.6 Å². The number of nitrogens with zero attached hydrogens (tertiary/aromatic N) is 2. The molecule has 0 aromatic carbocycles. The van der Waals surface area contributed by atoms with E-state index in [0.29, 0.717) is 11.8 Å². The number of aromatic nitrogens is 1. The lowest BCUT2D eigenvalue weighted by Gasteiger charge is -2.21. The third-order valence-corrected chi connectivity index (χ3v) is 2.92. The van der Waals surface area contributed by atoms with Gasteiger partial charge in [-0.25, -0.2) is 4.98 Å². The van der Waals surface area contributed by atoms with Crippen LogP contribution in [0.1, 0.15) is 38.4 Å². The molecule has 17 heavy (non-hydrogen) atoms. The lowest BCUT2D eigenvalue weighted by molar-refractivity contribution is 0.633. The smallest absolute Gasteiger partial charge is 0.128 e. The second-order valence-corrected chi connectivity index (χ2v) is 5.25. The summed E-state index contributed by atoms with van der Waals surface area (Å²) < 4.78 is 0. The zero-order valence-electron chi connectivity index (χ0n) is 11.3. The summed E-state index contributed by atoms with van der Waals surface area (Å²) in [4.78, 5) is 6.90. The number of hydrogen-bond donors (Lipinski definition) is 0. The van der Waals surface area contributed by atoms with Gasteiger partial charge in [-0.15, -0.1) is 11.6 Å². The minimum absolute atomic E-state index is 0.557. The third kappa shape index (κ3) is 4.55. The van der Waals surface area contributed by atoms with Gasteiger partial charge in [-0.2, -0.15) is 0 Å². The van der Waals surface area contributed by atoms with Crippen LogP contribution in [0.4, 0.5) is 5.82 Å². The Bertz CT molecular complexity index is 350. The molecule has 0 radical (unpaired) electrons. The number of alkyl halides is 1. The number of aryl methyl sites for hydroxylation is 1. The summed E-state index contributed by atoms with van der Waals surface area (Å²) in [5.74, 6) is 2.23. The molecule has 0 unspecified atom stereocenters. The molecule has 3 heteroatoms. The Hall–Kier alpha value is -0.760. The molecular formula is C14H23ClN2. The molecule has 1 aromatic rings. The van der Waals surface area contributed by atoms with Crippen molar-refractivity contribution in [3.63, 3.8) is 0 Å². The first kappa shape index (κ1) is 14.3. The van der Waals surface area contributed by atoms with E-state index in [-0.39, 0.29) is 0 Å². The molecule has 0 amide bonds. The van der Waals surface area contributed by atoms with Gasteiger partial charge in [0.05, 0.1) is 0 Å². The average molecular weight is 255 g/mol. The van der Waals surface area contributed by atoms with E-state index in [4.69, 9.17) is 16.6 Å². The lowest BCUT2D eigenvalue weighted by atomic mass is 10.1. The number of anilines is 1. The molecule has 0 aliphatic carbocycles. The number of hydrogen-bond acceptors (Lipinski definition) is 2.